The minimum atomic E-state index is 0.397. The van der Waals surface area contributed by atoms with Gasteiger partial charge >= 0.3 is 0 Å². The Kier molecular flexibility index (Phi) is 4.26. The second kappa shape index (κ2) is 6.31. The van der Waals surface area contributed by atoms with Gasteiger partial charge in [-0.3, -0.25) is 0 Å². The molecule has 2 aromatic carbocycles. The molecule has 0 heterocycles. The van der Waals surface area contributed by atoms with Gasteiger partial charge in [0.1, 0.15) is 5.75 Å². The molecular formula is C19H23NO. The van der Waals surface area contributed by atoms with E-state index in [1.54, 1.807) is 0 Å². The summed E-state index contributed by atoms with van der Waals surface area (Å²) in [5.41, 5.74) is 3.78. The minimum Gasteiger partial charge on any atom is -0.490 e. The summed E-state index contributed by atoms with van der Waals surface area (Å²) < 4.78 is 5.87. The Balaban J connectivity index is 1.76. The SMILES string of the molecule is CCNC(C)c1ccc(-c2cccc(OC3CC3)c2)cc1. The topological polar surface area (TPSA) is 21.3 Å². The van der Waals surface area contributed by atoms with Crippen LogP contribution in [0.25, 0.3) is 11.1 Å². The van der Waals surface area contributed by atoms with E-state index in [2.05, 4.69) is 61.6 Å². The fourth-order valence-corrected chi connectivity index (χ4v) is 2.52. The predicted octanol–water partition coefficient (Wildman–Crippen LogP) is 4.57. The molecule has 1 saturated carbocycles. The van der Waals surface area contributed by atoms with Gasteiger partial charge in [0.25, 0.3) is 0 Å². The zero-order chi connectivity index (χ0) is 14.7. The molecule has 2 aromatic rings. The highest BCUT2D eigenvalue weighted by atomic mass is 16.5. The second-order valence-corrected chi connectivity index (χ2v) is 5.75. The van der Waals surface area contributed by atoms with Crippen molar-refractivity contribution in [1.82, 2.24) is 5.32 Å². The van der Waals surface area contributed by atoms with Crippen LogP contribution in [0.2, 0.25) is 0 Å². The third kappa shape index (κ3) is 3.64. The molecule has 0 spiro atoms. The molecule has 1 unspecified atom stereocenters. The first-order valence-corrected chi connectivity index (χ1v) is 7.86. The second-order valence-electron chi connectivity index (χ2n) is 5.75. The van der Waals surface area contributed by atoms with Gasteiger partial charge in [-0.25, -0.2) is 0 Å². The highest BCUT2D eigenvalue weighted by Crippen LogP contribution is 2.30. The Morgan fingerprint density at radius 2 is 1.86 bits per heavy atom. The van der Waals surface area contributed by atoms with Crippen molar-refractivity contribution in [3.05, 3.63) is 54.1 Å². The molecule has 0 saturated heterocycles. The lowest BCUT2D eigenvalue weighted by atomic mass is 10.0. The fourth-order valence-electron chi connectivity index (χ4n) is 2.52. The molecule has 110 valence electrons. The maximum absolute atomic E-state index is 5.87. The Morgan fingerprint density at radius 3 is 2.52 bits per heavy atom. The maximum atomic E-state index is 5.87. The summed E-state index contributed by atoms with van der Waals surface area (Å²) in [6.07, 6.45) is 2.84. The summed E-state index contributed by atoms with van der Waals surface area (Å²) >= 11 is 0. The Labute approximate surface area is 127 Å². The van der Waals surface area contributed by atoms with Gasteiger partial charge in [-0.05, 0) is 55.1 Å². The molecule has 1 fully saturated rings. The van der Waals surface area contributed by atoms with Gasteiger partial charge in [0.05, 0.1) is 6.10 Å². The average Bonchev–Trinajstić information content (AvgIpc) is 3.32. The first kappa shape index (κ1) is 14.2. The van der Waals surface area contributed by atoms with Crippen molar-refractivity contribution in [1.29, 1.82) is 0 Å². The predicted molar refractivity (Wildman–Crippen MR) is 87.6 cm³/mol. The average molecular weight is 281 g/mol. The maximum Gasteiger partial charge on any atom is 0.120 e. The molecule has 1 N–H and O–H groups in total. The lowest BCUT2D eigenvalue weighted by molar-refractivity contribution is 0.303. The standard InChI is InChI=1S/C19H23NO/c1-3-20-14(2)15-7-9-16(10-8-15)17-5-4-6-19(13-17)21-18-11-12-18/h4-10,13-14,18,20H,3,11-12H2,1-2H3. The zero-order valence-corrected chi connectivity index (χ0v) is 12.8. The normalized spacial score (nSPS) is 15.7. The number of rotatable bonds is 6. The molecule has 21 heavy (non-hydrogen) atoms. The number of nitrogens with one attached hydrogen (secondary N) is 1. The summed E-state index contributed by atoms with van der Waals surface area (Å²) in [7, 11) is 0. The number of hydrogen-bond donors (Lipinski definition) is 1. The minimum absolute atomic E-state index is 0.397. The van der Waals surface area contributed by atoms with Gasteiger partial charge in [-0.15, -0.1) is 0 Å². The third-order valence-corrected chi connectivity index (χ3v) is 3.92. The molecule has 3 rings (SSSR count). The van der Waals surface area contributed by atoms with Crippen LogP contribution in [0.1, 0.15) is 38.3 Å². The molecular weight excluding hydrogens is 258 g/mol. The van der Waals surface area contributed by atoms with Crippen LogP contribution in [0.4, 0.5) is 0 Å². The lowest BCUT2D eigenvalue weighted by Crippen LogP contribution is -2.17. The molecule has 1 aliphatic rings. The van der Waals surface area contributed by atoms with E-state index in [-0.39, 0.29) is 0 Å². The van der Waals surface area contributed by atoms with Crippen molar-refractivity contribution in [2.24, 2.45) is 0 Å². The largest absolute Gasteiger partial charge is 0.490 e. The van der Waals surface area contributed by atoms with E-state index in [4.69, 9.17) is 4.74 Å². The fraction of sp³-hybridized carbons (Fsp3) is 0.368. The highest BCUT2D eigenvalue weighted by molar-refractivity contribution is 5.65. The van der Waals surface area contributed by atoms with Crippen LogP contribution < -0.4 is 10.1 Å². The molecule has 0 bridgehead atoms. The van der Waals surface area contributed by atoms with Gasteiger partial charge in [-0.2, -0.15) is 0 Å². The monoisotopic (exact) mass is 281 g/mol. The van der Waals surface area contributed by atoms with Crippen molar-refractivity contribution in [3.63, 3.8) is 0 Å². The van der Waals surface area contributed by atoms with Crippen molar-refractivity contribution in [2.45, 2.75) is 38.8 Å². The van der Waals surface area contributed by atoms with E-state index in [9.17, 15) is 0 Å². The molecule has 2 nitrogen and oxygen atoms in total. The first-order valence-electron chi connectivity index (χ1n) is 7.86. The summed E-state index contributed by atoms with van der Waals surface area (Å²) in [6.45, 7) is 5.32. The molecule has 0 aliphatic heterocycles. The summed E-state index contributed by atoms with van der Waals surface area (Å²) in [4.78, 5) is 0. The zero-order valence-electron chi connectivity index (χ0n) is 12.8. The van der Waals surface area contributed by atoms with Gasteiger partial charge in [-0.1, -0.05) is 43.3 Å². The number of ether oxygens (including phenoxy) is 1. The lowest BCUT2D eigenvalue weighted by Gasteiger charge is -2.13. The smallest absolute Gasteiger partial charge is 0.120 e. The van der Waals surface area contributed by atoms with Crippen LogP contribution in [0, 0.1) is 0 Å². The van der Waals surface area contributed by atoms with Crippen LogP contribution in [0.15, 0.2) is 48.5 Å². The van der Waals surface area contributed by atoms with Gasteiger partial charge in [0, 0.05) is 6.04 Å². The van der Waals surface area contributed by atoms with E-state index in [0.29, 0.717) is 12.1 Å². The van der Waals surface area contributed by atoms with E-state index in [1.165, 1.54) is 29.5 Å². The molecule has 0 aromatic heterocycles. The van der Waals surface area contributed by atoms with Crippen LogP contribution >= 0.6 is 0 Å². The number of hydrogen-bond acceptors (Lipinski definition) is 2. The molecule has 0 amide bonds. The van der Waals surface area contributed by atoms with Crippen molar-refractivity contribution < 1.29 is 4.74 Å². The Hall–Kier alpha value is -1.80. The number of benzene rings is 2. The van der Waals surface area contributed by atoms with Crippen molar-refractivity contribution >= 4 is 0 Å². The molecule has 1 aliphatic carbocycles. The van der Waals surface area contributed by atoms with Crippen LogP contribution in [-0.2, 0) is 0 Å². The van der Waals surface area contributed by atoms with E-state index >= 15 is 0 Å². The van der Waals surface area contributed by atoms with Gasteiger partial charge in [0.2, 0.25) is 0 Å². The first-order chi connectivity index (χ1) is 10.3. The van der Waals surface area contributed by atoms with Crippen LogP contribution in [0.5, 0.6) is 5.75 Å². The molecule has 0 radical (unpaired) electrons. The van der Waals surface area contributed by atoms with E-state index in [1.807, 2.05) is 6.07 Å². The third-order valence-electron chi connectivity index (χ3n) is 3.92. The highest BCUT2D eigenvalue weighted by Gasteiger charge is 2.23. The van der Waals surface area contributed by atoms with Crippen LogP contribution in [0.3, 0.4) is 0 Å². The Bertz CT molecular complexity index is 587. The molecule has 1 atom stereocenters. The van der Waals surface area contributed by atoms with Gasteiger partial charge in [0.15, 0.2) is 0 Å². The van der Waals surface area contributed by atoms with Crippen molar-refractivity contribution in [2.75, 3.05) is 6.54 Å². The van der Waals surface area contributed by atoms with Gasteiger partial charge < -0.3 is 10.1 Å². The Morgan fingerprint density at radius 1 is 1.10 bits per heavy atom. The summed E-state index contributed by atoms with van der Waals surface area (Å²) in [5.74, 6) is 0.986. The molecule has 2 heteroatoms. The summed E-state index contributed by atoms with van der Waals surface area (Å²) in [6, 6.07) is 17.6. The van der Waals surface area contributed by atoms with Crippen LogP contribution in [-0.4, -0.2) is 12.6 Å². The van der Waals surface area contributed by atoms with Crippen molar-refractivity contribution in [3.8, 4) is 16.9 Å². The van der Waals surface area contributed by atoms with E-state index < -0.39 is 0 Å². The summed E-state index contributed by atoms with van der Waals surface area (Å²) in [5, 5.41) is 3.44. The quantitative estimate of drug-likeness (QED) is 0.837. The van der Waals surface area contributed by atoms with E-state index in [0.717, 1.165) is 12.3 Å².